The zero-order chi connectivity index (χ0) is 13.2. The Balaban J connectivity index is 2.04. The fourth-order valence-corrected chi connectivity index (χ4v) is 2.96. The summed E-state index contributed by atoms with van der Waals surface area (Å²) < 4.78 is 11.3. The first-order chi connectivity index (χ1) is 8.49. The molecule has 104 valence electrons. The molecule has 1 N–H and O–H groups in total. The first-order valence-electron chi connectivity index (χ1n) is 6.97. The van der Waals surface area contributed by atoms with E-state index in [0.29, 0.717) is 26.2 Å². The summed E-state index contributed by atoms with van der Waals surface area (Å²) in [7, 11) is 0. The quantitative estimate of drug-likeness (QED) is 0.835. The van der Waals surface area contributed by atoms with Gasteiger partial charge in [0.1, 0.15) is 5.60 Å². The minimum atomic E-state index is -1.19. The lowest BCUT2D eigenvalue weighted by Crippen LogP contribution is -2.49. The standard InChI is InChI=1S/C14H24O4/c1-3-13(2,16)12(15)11-4-7-18-14(10-11)5-8-17-9-6-14/h11,16H,3-10H2,1-2H3. The highest BCUT2D eigenvalue weighted by Gasteiger charge is 2.44. The molecule has 2 heterocycles. The summed E-state index contributed by atoms with van der Waals surface area (Å²) in [6.07, 6.45) is 3.68. The first-order valence-corrected chi connectivity index (χ1v) is 6.97. The predicted molar refractivity (Wildman–Crippen MR) is 67.4 cm³/mol. The van der Waals surface area contributed by atoms with Crippen molar-refractivity contribution < 1.29 is 19.4 Å². The minimum absolute atomic E-state index is 0.0147. The second-order valence-electron chi connectivity index (χ2n) is 5.83. The maximum Gasteiger partial charge on any atom is 0.167 e. The predicted octanol–water partition coefficient (Wildman–Crippen LogP) is 1.69. The van der Waals surface area contributed by atoms with Gasteiger partial charge >= 0.3 is 0 Å². The van der Waals surface area contributed by atoms with Crippen molar-refractivity contribution in [2.45, 2.75) is 57.2 Å². The van der Waals surface area contributed by atoms with Crippen LogP contribution < -0.4 is 0 Å². The molecule has 2 rings (SSSR count). The lowest BCUT2D eigenvalue weighted by Gasteiger charge is -2.43. The molecule has 0 radical (unpaired) electrons. The number of rotatable bonds is 3. The Morgan fingerprint density at radius 1 is 1.39 bits per heavy atom. The molecule has 2 aliphatic heterocycles. The maximum absolute atomic E-state index is 12.3. The van der Waals surface area contributed by atoms with Gasteiger partial charge in [0.15, 0.2) is 5.78 Å². The highest BCUT2D eigenvalue weighted by molar-refractivity contribution is 5.88. The molecule has 0 bridgehead atoms. The topological polar surface area (TPSA) is 55.8 Å². The Morgan fingerprint density at radius 3 is 2.67 bits per heavy atom. The van der Waals surface area contributed by atoms with Crippen molar-refractivity contribution in [1.29, 1.82) is 0 Å². The van der Waals surface area contributed by atoms with Crippen LogP contribution in [0, 0.1) is 5.92 Å². The van der Waals surface area contributed by atoms with Crippen LogP contribution in [0.1, 0.15) is 46.0 Å². The molecule has 0 saturated carbocycles. The Labute approximate surface area is 109 Å². The molecule has 2 saturated heterocycles. The van der Waals surface area contributed by atoms with Gasteiger partial charge in [0.05, 0.1) is 5.60 Å². The van der Waals surface area contributed by atoms with Gasteiger partial charge in [0.2, 0.25) is 0 Å². The molecule has 0 amide bonds. The molecule has 0 aromatic rings. The summed E-state index contributed by atoms with van der Waals surface area (Å²) in [6.45, 7) is 5.52. The summed E-state index contributed by atoms with van der Waals surface area (Å²) in [5.41, 5.74) is -1.37. The molecule has 2 atom stereocenters. The van der Waals surface area contributed by atoms with E-state index < -0.39 is 5.60 Å². The first kappa shape index (κ1) is 14.0. The second-order valence-corrected chi connectivity index (χ2v) is 5.83. The fourth-order valence-electron chi connectivity index (χ4n) is 2.96. The van der Waals surface area contributed by atoms with E-state index in [1.165, 1.54) is 0 Å². The minimum Gasteiger partial charge on any atom is -0.382 e. The number of hydrogen-bond donors (Lipinski definition) is 1. The Morgan fingerprint density at radius 2 is 2.06 bits per heavy atom. The van der Waals surface area contributed by atoms with E-state index in [9.17, 15) is 9.90 Å². The van der Waals surface area contributed by atoms with Crippen molar-refractivity contribution >= 4 is 5.78 Å². The Kier molecular flexibility index (Phi) is 4.09. The zero-order valence-electron chi connectivity index (χ0n) is 11.4. The summed E-state index contributed by atoms with van der Waals surface area (Å²) in [4.78, 5) is 12.3. The van der Waals surface area contributed by atoms with Crippen LogP contribution in [0.15, 0.2) is 0 Å². The van der Waals surface area contributed by atoms with Crippen molar-refractivity contribution in [3.05, 3.63) is 0 Å². The number of ether oxygens (including phenoxy) is 2. The third kappa shape index (κ3) is 2.76. The molecule has 1 spiro atoms. The molecular weight excluding hydrogens is 232 g/mol. The SMILES string of the molecule is CCC(C)(O)C(=O)C1CCOC2(CCOCC2)C1. The largest absolute Gasteiger partial charge is 0.382 e. The monoisotopic (exact) mass is 256 g/mol. The zero-order valence-corrected chi connectivity index (χ0v) is 11.4. The molecule has 0 aliphatic carbocycles. The average molecular weight is 256 g/mol. The molecule has 2 unspecified atom stereocenters. The van der Waals surface area contributed by atoms with Crippen LogP contribution >= 0.6 is 0 Å². The highest BCUT2D eigenvalue weighted by atomic mass is 16.5. The normalized spacial score (nSPS) is 30.9. The van der Waals surface area contributed by atoms with Gasteiger partial charge in [-0.15, -0.1) is 0 Å². The Hall–Kier alpha value is -0.450. The van der Waals surface area contributed by atoms with E-state index in [1.54, 1.807) is 6.92 Å². The van der Waals surface area contributed by atoms with Crippen LogP contribution in [0.3, 0.4) is 0 Å². The Bertz CT molecular complexity index is 299. The van der Waals surface area contributed by atoms with E-state index >= 15 is 0 Å². The van der Waals surface area contributed by atoms with Crippen LogP contribution in [-0.2, 0) is 14.3 Å². The van der Waals surface area contributed by atoms with Crippen molar-refractivity contribution in [3.63, 3.8) is 0 Å². The molecule has 2 fully saturated rings. The van der Waals surface area contributed by atoms with Gasteiger partial charge in [0, 0.05) is 25.7 Å². The van der Waals surface area contributed by atoms with Crippen LogP contribution in [0.4, 0.5) is 0 Å². The summed E-state index contributed by atoms with van der Waals surface area (Å²) in [5, 5.41) is 10.1. The molecule has 2 aliphatic rings. The number of hydrogen-bond acceptors (Lipinski definition) is 4. The molecule has 18 heavy (non-hydrogen) atoms. The number of ketones is 1. The van der Waals surface area contributed by atoms with Gasteiger partial charge in [-0.3, -0.25) is 4.79 Å². The van der Waals surface area contributed by atoms with E-state index in [1.807, 2.05) is 6.92 Å². The van der Waals surface area contributed by atoms with E-state index in [-0.39, 0.29) is 17.3 Å². The van der Waals surface area contributed by atoms with E-state index in [0.717, 1.165) is 25.7 Å². The van der Waals surface area contributed by atoms with Crippen molar-refractivity contribution in [2.24, 2.45) is 5.92 Å². The van der Waals surface area contributed by atoms with E-state index in [4.69, 9.17) is 9.47 Å². The van der Waals surface area contributed by atoms with Crippen LogP contribution in [0.2, 0.25) is 0 Å². The lowest BCUT2D eigenvalue weighted by molar-refractivity contribution is -0.166. The third-order valence-electron chi connectivity index (χ3n) is 4.49. The van der Waals surface area contributed by atoms with Gasteiger partial charge in [-0.05, 0) is 39.0 Å². The average Bonchev–Trinajstić information content (AvgIpc) is 2.39. The fraction of sp³-hybridized carbons (Fsp3) is 0.929. The third-order valence-corrected chi connectivity index (χ3v) is 4.49. The number of aliphatic hydroxyl groups is 1. The second kappa shape index (κ2) is 5.27. The smallest absolute Gasteiger partial charge is 0.167 e. The summed E-state index contributed by atoms with van der Waals surface area (Å²) >= 11 is 0. The van der Waals surface area contributed by atoms with E-state index in [2.05, 4.69) is 0 Å². The number of Topliss-reactive ketones (excluding diaryl/α,β-unsaturated/α-hetero) is 1. The molecule has 4 heteroatoms. The van der Waals surface area contributed by atoms with Crippen molar-refractivity contribution in [2.75, 3.05) is 19.8 Å². The molecule has 4 nitrogen and oxygen atoms in total. The lowest BCUT2D eigenvalue weighted by atomic mass is 9.75. The molecule has 0 aromatic carbocycles. The summed E-state index contributed by atoms with van der Waals surface area (Å²) in [5.74, 6) is -0.0778. The van der Waals surface area contributed by atoms with Gasteiger partial charge < -0.3 is 14.6 Å². The molecule has 0 aromatic heterocycles. The summed E-state index contributed by atoms with van der Waals surface area (Å²) in [6, 6.07) is 0. The van der Waals surface area contributed by atoms with Crippen LogP contribution in [-0.4, -0.2) is 41.9 Å². The van der Waals surface area contributed by atoms with Gasteiger partial charge in [-0.2, -0.15) is 0 Å². The van der Waals surface area contributed by atoms with Crippen molar-refractivity contribution in [3.8, 4) is 0 Å². The van der Waals surface area contributed by atoms with Crippen LogP contribution in [0.25, 0.3) is 0 Å². The molecular formula is C14H24O4. The van der Waals surface area contributed by atoms with Crippen LogP contribution in [0.5, 0.6) is 0 Å². The van der Waals surface area contributed by atoms with Gasteiger partial charge in [-0.1, -0.05) is 6.92 Å². The van der Waals surface area contributed by atoms with Gasteiger partial charge in [0.25, 0.3) is 0 Å². The number of carbonyl (C=O) groups excluding carboxylic acids is 1. The van der Waals surface area contributed by atoms with Crippen molar-refractivity contribution in [1.82, 2.24) is 0 Å². The highest BCUT2D eigenvalue weighted by Crippen LogP contribution is 2.38. The van der Waals surface area contributed by atoms with Gasteiger partial charge in [-0.25, -0.2) is 0 Å². The maximum atomic E-state index is 12.3. The number of carbonyl (C=O) groups is 1.